The third-order valence-electron chi connectivity index (χ3n) is 2.10. The van der Waals surface area contributed by atoms with Crippen molar-refractivity contribution in [3.63, 3.8) is 0 Å². The number of hydrogen-bond donors (Lipinski definition) is 1. The van der Waals surface area contributed by atoms with E-state index in [0.717, 1.165) is 18.1 Å². The second-order valence-corrected chi connectivity index (χ2v) is 4.64. The first-order valence-corrected chi connectivity index (χ1v) is 5.89. The molecule has 2 heterocycles. The van der Waals surface area contributed by atoms with Crippen LogP contribution in [0.4, 0.5) is 5.82 Å². The second kappa shape index (κ2) is 4.45. The summed E-state index contributed by atoms with van der Waals surface area (Å²) in [5.74, 6) is 0.945. The van der Waals surface area contributed by atoms with Crippen molar-refractivity contribution in [3.8, 4) is 10.6 Å². The zero-order valence-corrected chi connectivity index (χ0v) is 9.77. The average Bonchev–Trinajstić information content (AvgIpc) is 2.66. The lowest BCUT2D eigenvalue weighted by Crippen LogP contribution is -1.98. The fourth-order valence-electron chi connectivity index (χ4n) is 1.42. The first-order chi connectivity index (χ1) is 7.29. The lowest BCUT2D eigenvalue weighted by atomic mass is 10.3. The van der Waals surface area contributed by atoms with Gasteiger partial charge >= 0.3 is 0 Å². The van der Waals surface area contributed by atoms with Crippen LogP contribution in [0.3, 0.4) is 0 Å². The molecule has 0 fully saturated rings. The summed E-state index contributed by atoms with van der Waals surface area (Å²) in [5.41, 5.74) is 1.05. The van der Waals surface area contributed by atoms with Crippen LogP contribution >= 0.6 is 11.3 Å². The van der Waals surface area contributed by atoms with Gasteiger partial charge in [-0.15, -0.1) is 11.3 Å². The van der Waals surface area contributed by atoms with Crippen molar-refractivity contribution in [1.82, 2.24) is 4.98 Å². The third-order valence-corrected chi connectivity index (χ3v) is 3.12. The molecule has 1 N–H and O–H groups in total. The Hall–Kier alpha value is -1.35. The van der Waals surface area contributed by atoms with Crippen molar-refractivity contribution in [1.29, 1.82) is 0 Å². The van der Waals surface area contributed by atoms with Gasteiger partial charge in [0, 0.05) is 11.4 Å². The van der Waals surface area contributed by atoms with E-state index in [1.54, 1.807) is 11.3 Å². The predicted molar refractivity (Wildman–Crippen MR) is 66.5 cm³/mol. The van der Waals surface area contributed by atoms with E-state index in [1.165, 1.54) is 9.75 Å². The Morgan fingerprint density at radius 1 is 1.27 bits per heavy atom. The molecule has 0 aliphatic carbocycles. The highest BCUT2D eigenvalue weighted by Crippen LogP contribution is 2.26. The fraction of sp³-hybridized carbons (Fsp3) is 0.250. The Balaban J connectivity index is 2.32. The SMILES string of the molecule is CCNc1cccc(-c2ccc(C)s2)n1. The van der Waals surface area contributed by atoms with Gasteiger partial charge in [-0.2, -0.15) is 0 Å². The molecule has 3 heteroatoms. The summed E-state index contributed by atoms with van der Waals surface area (Å²) in [6.07, 6.45) is 0. The average molecular weight is 218 g/mol. The highest BCUT2D eigenvalue weighted by molar-refractivity contribution is 7.15. The number of nitrogens with one attached hydrogen (secondary N) is 1. The molecule has 2 nitrogen and oxygen atoms in total. The molecule has 0 saturated heterocycles. The van der Waals surface area contributed by atoms with Crippen LogP contribution in [-0.4, -0.2) is 11.5 Å². The first-order valence-electron chi connectivity index (χ1n) is 5.07. The van der Waals surface area contributed by atoms with Gasteiger partial charge in [0.1, 0.15) is 5.82 Å². The van der Waals surface area contributed by atoms with Gasteiger partial charge in [0.05, 0.1) is 10.6 Å². The minimum Gasteiger partial charge on any atom is -0.370 e. The zero-order valence-electron chi connectivity index (χ0n) is 8.95. The van der Waals surface area contributed by atoms with Gasteiger partial charge in [0.15, 0.2) is 0 Å². The molecule has 0 atom stereocenters. The largest absolute Gasteiger partial charge is 0.370 e. The molecule has 0 spiro atoms. The maximum atomic E-state index is 4.55. The minimum absolute atomic E-state index is 0.903. The summed E-state index contributed by atoms with van der Waals surface area (Å²) >= 11 is 1.78. The maximum Gasteiger partial charge on any atom is 0.126 e. The van der Waals surface area contributed by atoms with Crippen molar-refractivity contribution >= 4 is 17.2 Å². The maximum absolute atomic E-state index is 4.55. The number of anilines is 1. The molecule has 2 aromatic heterocycles. The van der Waals surface area contributed by atoms with Gasteiger partial charge in [-0.25, -0.2) is 4.98 Å². The van der Waals surface area contributed by atoms with E-state index in [0.29, 0.717) is 0 Å². The molecule has 0 aliphatic heterocycles. The number of thiophene rings is 1. The zero-order chi connectivity index (χ0) is 10.7. The molecule has 0 saturated carbocycles. The van der Waals surface area contributed by atoms with E-state index in [4.69, 9.17) is 0 Å². The summed E-state index contributed by atoms with van der Waals surface area (Å²) in [7, 11) is 0. The van der Waals surface area contributed by atoms with Crippen LogP contribution in [0.5, 0.6) is 0 Å². The minimum atomic E-state index is 0.903. The van der Waals surface area contributed by atoms with Crippen molar-refractivity contribution < 1.29 is 0 Å². The first kappa shape index (κ1) is 10.2. The quantitative estimate of drug-likeness (QED) is 0.852. The van der Waals surface area contributed by atoms with Crippen LogP contribution in [-0.2, 0) is 0 Å². The van der Waals surface area contributed by atoms with Crippen molar-refractivity contribution in [3.05, 3.63) is 35.2 Å². The topological polar surface area (TPSA) is 24.9 Å². The number of nitrogens with zero attached hydrogens (tertiary/aromatic N) is 1. The van der Waals surface area contributed by atoms with Gasteiger partial charge in [-0.1, -0.05) is 6.07 Å². The molecule has 0 aromatic carbocycles. The van der Waals surface area contributed by atoms with Crippen molar-refractivity contribution in [2.75, 3.05) is 11.9 Å². The van der Waals surface area contributed by atoms with E-state index in [1.807, 2.05) is 18.2 Å². The van der Waals surface area contributed by atoms with Crippen LogP contribution in [0.15, 0.2) is 30.3 Å². The van der Waals surface area contributed by atoms with Crippen LogP contribution in [0.2, 0.25) is 0 Å². The molecule has 78 valence electrons. The summed E-state index contributed by atoms with van der Waals surface area (Å²) in [5, 5.41) is 3.22. The molecular weight excluding hydrogens is 204 g/mol. The van der Waals surface area contributed by atoms with E-state index in [2.05, 4.69) is 36.3 Å². The molecule has 0 amide bonds. The lowest BCUT2D eigenvalue weighted by molar-refractivity contribution is 1.16. The number of pyridine rings is 1. The standard InChI is InChI=1S/C12H14N2S/c1-3-13-12-6-4-5-10(14-12)11-8-7-9(2)15-11/h4-8H,3H2,1-2H3,(H,13,14). The Kier molecular flexibility index (Phi) is 3.02. The second-order valence-electron chi connectivity index (χ2n) is 3.35. The molecule has 0 aliphatic rings. The van der Waals surface area contributed by atoms with E-state index < -0.39 is 0 Å². The number of aryl methyl sites for hydroxylation is 1. The number of rotatable bonds is 3. The fourth-order valence-corrected chi connectivity index (χ4v) is 2.26. The third kappa shape index (κ3) is 2.36. The Morgan fingerprint density at radius 2 is 2.13 bits per heavy atom. The van der Waals surface area contributed by atoms with Gasteiger partial charge in [0.25, 0.3) is 0 Å². The molecule has 0 radical (unpaired) electrons. The molecule has 0 unspecified atom stereocenters. The van der Waals surface area contributed by atoms with Crippen LogP contribution in [0.25, 0.3) is 10.6 Å². The van der Waals surface area contributed by atoms with Gasteiger partial charge in [0.2, 0.25) is 0 Å². The molecule has 15 heavy (non-hydrogen) atoms. The van der Waals surface area contributed by atoms with Crippen LogP contribution in [0, 0.1) is 6.92 Å². The monoisotopic (exact) mass is 218 g/mol. The van der Waals surface area contributed by atoms with Crippen LogP contribution in [0.1, 0.15) is 11.8 Å². The summed E-state index contributed by atoms with van der Waals surface area (Å²) in [4.78, 5) is 7.09. The van der Waals surface area contributed by atoms with E-state index in [-0.39, 0.29) is 0 Å². The Bertz CT molecular complexity index is 448. The van der Waals surface area contributed by atoms with Gasteiger partial charge in [-0.3, -0.25) is 0 Å². The molecular formula is C12H14N2S. The molecule has 2 rings (SSSR count). The Labute approximate surface area is 94.0 Å². The number of aromatic nitrogens is 1. The summed E-state index contributed by atoms with van der Waals surface area (Å²) in [6, 6.07) is 10.3. The normalized spacial score (nSPS) is 10.3. The number of hydrogen-bond acceptors (Lipinski definition) is 3. The lowest BCUT2D eigenvalue weighted by Gasteiger charge is -2.03. The predicted octanol–water partition coefficient (Wildman–Crippen LogP) is 3.55. The smallest absolute Gasteiger partial charge is 0.126 e. The molecule has 2 aromatic rings. The highest BCUT2D eigenvalue weighted by atomic mass is 32.1. The van der Waals surface area contributed by atoms with Crippen LogP contribution < -0.4 is 5.32 Å². The summed E-state index contributed by atoms with van der Waals surface area (Å²) < 4.78 is 0. The van der Waals surface area contributed by atoms with Gasteiger partial charge < -0.3 is 5.32 Å². The summed E-state index contributed by atoms with van der Waals surface area (Å²) in [6.45, 7) is 5.09. The Morgan fingerprint density at radius 3 is 2.80 bits per heavy atom. The van der Waals surface area contributed by atoms with Crippen molar-refractivity contribution in [2.45, 2.75) is 13.8 Å². The van der Waals surface area contributed by atoms with Gasteiger partial charge in [-0.05, 0) is 38.1 Å². The highest BCUT2D eigenvalue weighted by Gasteiger charge is 2.02. The van der Waals surface area contributed by atoms with E-state index in [9.17, 15) is 0 Å². The van der Waals surface area contributed by atoms with E-state index >= 15 is 0 Å². The van der Waals surface area contributed by atoms with Crippen molar-refractivity contribution in [2.24, 2.45) is 0 Å². The molecule has 0 bridgehead atoms.